The normalized spacial score (nSPS) is 11.4. The molecule has 12 heavy (non-hydrogen) atoms. The van der Waals surface area contributed by atoms with E-state index in [0.717, 1.165) is 5.56 Å². The maximum atomic E-state index is 10.5. The maximum Gasteiger partial charge on any atom is 2.00 e. The Morgan fingerprint density at radius 1 is 1.42 bits per heavy atom. The largest absolute Gasteiger partial charge is 2.00 e. The summed E-state index contributed by atoms with van der Waals surface area (Å²) in [7, 11) is 0. The molecule has 0 aliphatic heterocycles. The first-order valence-corrected chi connectivity index (χ1v) is 3.49. The smallest absolute Gasteiger partial charge is 1.00 e. The summed E-state index contributed by atoms with van der Waals surface area (Å²) in [5.74, 6) is -1.19. The second kappa shape index (κ2) is 5.57. The molecule has 0 saturated heterocycles. The molecule has 0 saturated carbocycles. The summed E-state index contributed by atoms with van der Waals surface area (Å²) in [6, 6.07) is 9.19. The molecule has 1 rings (SSSR count). The van der Waals surface area contributed by atoms with E-state index in [-0.39, 0.29) is 40.6 Å². The molecule has 0 bridgehead atoms. The van der Waals surface area contributed by atoms with Gasteiger partial charge in [-0.15, -0.1) is 0 Å². The Morgan fingerprint density at radius 3 is 2.33 bits per heavy atom. The summed E-state index contributed by atoms with van der Waals surface area (Å²) >= 11 is 0. The van der Waals surface area contributed by atoms with Crippen molar-refractivity contribution in [1.29, 1.82) is 0 Å². The van der Waals surface area contributed by atoms with Crippen molar-refractivity contribution < 1.29 is 12.8 Å². The minimum atomic E-state index is -0.781. The zero-order valence-electron chi connectivity index (χ0n) is 9.03. The first-order chi connectivity index (χ1) is 5.22. The van der Waals surface area contributed by atoms with Crippen LogP contribution in [-0.2, 0) is 4.79 Å². The summed E-state index contributed by atoms with van der Waals surface area (Å²) in [5.41, 5.74) is 0.847. The monoisotopic (exact) mass is 192 g/mol. The minimum Gasteiger partial charge on any atom is -1.00 e. The van der Waals surface area contributed by atoms with Crippen molar-refractivity contribution in [2.45, 2.75) is 12.8 Å². The van der Waals surface area contributed by atoms with Gasteiger partial charge in [-0.1, -0.05) is 30.3 Å². The third kappa shape index (κ3) is 3.13. The van der Waals surface area contributed by atoms with Crippen molar-refractivity contribution in [1.82, 2.24) is 0 Å². The van der Waals surface area contributed by atoms with Crippen molar-refractivity contribution in [3.05, 3.63) is 35.9 Å². The van der Waals surface area contributed by atoms with Crippen LogP contribution in [0, 0.1) is 0 Å². The Labute approximate surface area is 105 Å². The average Bonchev–Trinajstić information content (AvgIpc) is 2.05. The van der Waals surface area contributed by atoms with E-state index >= 15 is 0 Å². The summed E-state index contributed by atoms with van der Waals surface area (Å²) in [4.78, 5) is 10.5. The van der Waals surface area contributed by atoms with E-state index in [1.54, 1.807) is 6.92 Å². The van der Waals surface area contributed by atoms with Crippen LogP contribution in [0.25, 0.3) is 0 Å². The third-order valence-electron chi connectivity index (χ3n) is 1.67. The van der Waals surface area contributed by atoms with Crippen LogP contribution >= 0.6 is 0 Å². The number of carboxylic acids is 1. The number of rotatable bonds is 2. The maximum absolute atomic E-state index is 10.5. The summed E-state index contributed by atoms with van der Waals surface area (Å²) in [5, 5.41) is 8.64. The van der Waals surface area contributed by atoms with E-state index in [1.807, 2.05) is 30.3 Å². The summed E-state index contributed by atoms with van der Waals surface area (Å²) in [6.07, 6.45) is 0. The van der Waals surface area contributed by atoms with E-state index in [1.165, 1.54) is 0 Å². The number of hydrogen-bond donors (Lipinski definition) is 1. The van der Waals surface area contributed by atoms with Crippen LogP contribution in [0.5, 0.6) is 0 Å². The van der Waals surface area contributed by atoms with Crippen molar-refractivity contribution in [2.24, 2.45) is 0 Å². The van der Waals surface area contributed by atoms with Gasteiger partial charge in [0, 0.05) is 0 Å². The fraction of sp³-hybridized carbons (Fsp3) is 0.222. The van der Waals surface area contributed by atoms with Crippen molar-refractivity contribution in [3.8, 4) is 0 Å². The molecule has 1 aromatic rings. The van der Waals surface area contributed by atoms with Gasteiger partial charge in [-0.3, -0.25) is 4.79 Å². The van der Waals surface area contributed by atoms with Gasteiger partial charge in [0.25, 0.3) is 0 Å². The van der Waals surface area contributed by atoms with E-state index in [2.05, 4.69) is 0 Å². The Hall–Kier alpha value is -0.0503. The van der Waals surface area contributed by atoms with Gasteiger partial charge < -0.3 is 7.96 Å². The molecule has 0 fully saturated rings. The molecule has 0 heterocycles. The zero-order chi connectivity index (χ0) is 8.27. The van der Waals surface area contributed by atoms with Crippen LogP contribution in [0.4, 0.5) is 0 Å². The topological polar surface area (TPSA) is 37.3 Å². The molecule has 1 N–H and O–H groups in total. The number of carboxylic acid groups (broad SMARTS) is 1. The van der Waals surface area contributed by atoms with Gasteiger partial charge >= 0.3 is 43.7 Å². The van der Waals surface area contributed by atoms with E-state index in [0.29, 0.717) is 0 Å². The van der Waals surface area contributed by atoms with Crippen LogP contribution in [0.15, 0.2) is 30.3 Å². The molecule has 0 aliphatic rings. The van der Waals surface area contributed by atoms with Gasteiger partial charge in [0.15, 0.2) is 0 Å². The molecule has 0 radical (unpaired) electrons. The molecule has 62 valence electrons. The number of hydrogen-bond acceptors (Lipinski definition) is 1. The molecule has 0 aromatic heterocycles. The van der Waals surface area contributed by atoms with Crippen LogP contribution in [-0.4, -0.2) is 48.8 Å². The second-order valence-electron chi connectivity index (χ2n) is 2.47. The average molecular weight is 192 g/mol. The molecule has 0 spiro atoms. The Bertz CT molecular complexity index is 254. The van der Waals surface area contributed by atoms with Crippen LogP contribution < -0.4 is 0 Å². The fourth-order valence-corrected chi connectivity index (χ4v) is 0.884. The summed E-state index contributed by atoms with van der Waals surface area (Å²) in [6.45, 7) is 1.68. The standard InChI is InChI=1S/C9H10O2.Ca.2H/c1-7(9(10)11)8-5-3-2-4-6-8;;;/h2-7H,1H3,(H,10,11);;;/q;+2;2*-1. The first kappa shape index (κ1) is 11.9. The Balaban J connectivity index is -0.000000403. The molecular formula is C9H12CaO2. The van der Waals surface area contributed by atoms with Gasteiger partial charge in [-0.2, -0.15) is 0 Å². The molecule has 3 heteroatoms. The Kier molecular flexibility index (Phi) is 5.55. The number of benzene rings is 1. The van der Waals surface area contributed by atoms with Gasteiger partial charge in [-0.05, 0) is 12.5 Å². The molecule has 1 atom stereocenters. The van der Waals surface area contributed by atoms with E-state index < -0.39 is 11.9 Å². The van der Waals surface area contributed by atoms with Crippen molar-refractivity contribution in [2.75, 3.05) is 0 Å². The summed E-state index contributed by atoms with van der Waals surface area (Å²) < 4.78 is 0. The zero-order valence-corrected chi connectivity index (χ0v) is 9.24. The van der Waals surface area contributed by atoms with Crippen LogP contribution in [0.1, 0.15) is 21.3 Å². The number of aliphatic carboxylic acids is 1. The predicted molar refractivity (Wildman–Crippen MR) is 50.5 cm³/mol. The SMILES string of the molecule is CC(C(=O)O)c1ccccc1.[Ca+2].[H-].[H-]. The Morgan fingerprint density at radius 2 is 1.92 bits per heavy atom. The first-order valence-electron chi connectivity index (χ1n) is 3.49. The fourth-order valence-electron chi connectivity index (χ4n) is 0.884. The van der Waals surface area contributed by atoms with E-state index in [9.17, 15) is 4.79 Å². The molecule has 1 unspecified atom stereocenters. The minimum absolute atomic E-state index is 0. The molecule has 2 nitrogen and oxygen atoms in total. The second-order valence-corrected chi connectivity index (χ2v) is 2.47. The predicted octanol–water partition coefficient (Wildman–Crippen LogP) is 1.72. The van der Waals surface area contributed by atoms with Crippen molar-refractivity contribution in [3.63, 3.8) is 0 Å². The molecule has 0 aliphatic carbocycles. The third-order valence-corrected chi connectivity index (χ3v) is 1.67. The molecule has 0 amide bonds. The van der Waals surface area contributed by atoms with Gasteiger partial charge in [0.1, 0.15) is 0 Å². The van der Waals surface area contributed by atoms with Crippen molar-refractivity contribution >= 4 is 43.7 Å². The van der Waals surface area contributed by atoms with Gasteiger partial charge in [-0.25, -0.2) is 0 Å². The van der Waals surface area contributed by atoms with Gasteiger partial charge in [0.05, 0.1) is 5.92 Å². The molecule has 1 aromatic carbocycles. The van der Waals surface area contributed by atoms with Crippen LogP contribution in [0.3, 0.4) is 0 Å². The number of carbonyl (C=O) groups is 1. The van der Waals surface area contributed by atoms with Crippen LogP contribution in [0.2, 0.25) is 0 Å². The van der Waals surface area contributed by atoms with Gasteiger partial charge in [0.2, 0.25) is 0 Å². The van der Waals surface area contributed by atoms with E-state index in [4.69, 9.17) is 5.11 Å². The molecular weight excluding hydrogens is 180 g/mol. The quantitative estimate of drug-likeness (QED) is 0.724.